The number of aliphatic hydroxyl groups is 1. The van der Waals surface area contributed by atoms with Gasteiger partial charge in [0.05, 0.1) is 13.5 Å². The second-order valence-electron chi connectivity index (χ2n) is 5.09. The topological polar surface area (TPSA) is 66.8 Å². The number of methoxy groups -OCH3 is 1. The van der Waals surface area contributed by atoms with Crippen LogP contribution in [0, 0.1) is 5.92 Å². The maximum absolute atomic E-state index is 12.8. The van der Waals surface area contributed by atoms with Crippen LogP contribution in [0.2, 0.25) is 0 Å². The van der Waals surface area contributed by atoms with E-state index in [1.807, 2.05) is 6.92 Å². The van der Waals surface area contributed by atoms with Crippen LogP contribution in [0.1, 0.15) is 26.2 Å². The summed E-state index contributed by atoms with van der Waals surface area (Å²) in [5, 5.41) is 9.52. The van der Waals surface area contributed by atoms with Crippen LogP contribution in [0.5, 0.6) is 0 Å². The molecule has 116 valence electrons. The molecular weight excluding hydrogens is 279 g/mol. The molecule has 1 N–H and O–H groups in total. The molecule has 1 atom stereocenters. The van der Waals surface area contributed by atoms with Gasteiger partial charge in [-0.2, -0.15) is 13.2 Å². The highest BCUT2D eigenvalue weighted by molar-refractivity contribution is 5.88. The van der Waals surface area contributed by atoms with Crippen molar-refractivity contribution in [1.82, 2.24) is 4.90 Å². The second kappa shape index (κ2) is 5.99. The van der Waals surface area contributed by atoms with Gasteiger partial charge < -0.3 is 14.7 Å². The number of alkyl halides is 3. The van der Waals surface area contributed by atoms with Crippen LogP contribution in [0.3, 0.4) is 0 Å². The van der Waals surface area contributed by atoms with Crippen molar-refractivity contribution in [3.63, 3.8) is 0 Å². The molecule has 0 spiro atoms. The number of amides is 1. The predicted octanol–water partition coefficient (Wildman–Crippen LogP) is 1.10. The van der Waals surface area contributed by atoms with E-state index < -0.39 is 30.1 Å². The first-order valence-electron chi connectivity index (χ1n) is 6.27. The summed E-state index contributed by atoms with van der Waals surface area (Å²) in [6, 6.07) is 0. The molecule has 0 radical (unpaired) electrons. The Morgan fingerprint density at radius 2 is 1.80 bits per heavy atom. The van der Waals surface area contributed by atoms with Gasteiger partial charge in [-0.15, -0.1) is 0 Å². The second-order valence-corrected chi connectivity index (χ2v) is 5.09. The molecule has 1 aliphatic rings. The highest BCUT2D eigenvalue weighted by Crippen LogP contribution is 2.35. The fourth-order valence-electron chi connectivity index (χ4n) is 2.05. The van der Waals surface area contributed by atoms with Crippen LogP contribution in [0.25, 0.3) is 0 Å². The summed E-state index contributed by atoms with van der Waals surface area (Å²) in [4.78, 5) is 24.3. The van der Waals surface area contributed by atoms with E-state index in [0.29, 0.717) is 31.8 Å². The lowest BCUT2D eigenvalue weighted by molar-refractivity contribution is -0.263. The standard InChI is InChI=1S/C12H18F3NO4/c1-8-3-5-16(6-4-8)9(17)7-11(19,10(18)20-2)12(13,14)15/h8,19H,3-7H2,1-2H3. The number of esters is 1. The zero-order chi connectivity index (χ0) is 15.6. The van der Waals surface area contributed by atoms with E-state index in [2.05, 4.69) is 4.74 Å². The summed E-state index contributed by atoms with van der Waals surface area (Å²) in [6.07, 6.45) is -5.24. The Labute approximate surface area is 114 Å². The number of carbonyl (C=O) groups excluding carboxylic acids is 2. The first kappa shape index (κ1) is 16.7. The van der Waals surface area contributed by atoms with Gasteiger partial charge in [0.1, 0.15) is 0 Å². The molecule has 0 bridgehead atoms. The summed E-state index contributed by atoms with van der Waals surface area (Å²) in [6.45, 7) is 2.65. The van der Waals surface area contributed by atoms with Gasteiger partial charge in [0.25, 0.3) is 5.60 Å². The summed E-state index contributed by atoms with van der Waals surface area (Å²) >= 11 is 0. The Morgan fingerprint density at radius 1 is 1.30 bits per heavy atom. The highest BCUT2D eigenvalue weighted by atomic mass is 19.4. The number of hydrogen-bond acceptors (Lipinski definition) is 4. The number of carbonyl (C=O) groups is 2. The molecule has 1 rings (SSSR count). The van der Waals surface area contributed by atoms with Gasteiger partial charge in [0.2, 0.25) is 5.91 Å². The SMILES string of the molecule is COC(=O)C(O)(CC(=O)N1CCC(C)CC1)C(F)(F)F. The highest BCUT2D eigenvalue weighted by Gasteiger charge is 2.62. The van der Waals surface area contributed by atoms with Crippen LogP contribution in [0.15, 0.2) is 0 Å². The molecule has 1 unspecified atom stereocenters. The normalized spacial score (nSPS) is 20.4. The molecule has 5 nitrogen and oxygen atoms in total. The van der Waals surface area contributed by atoms with E-state index >= 15 is 0 Å². The molecule has 20 heavy (non-hydrogen) atoms. The Kier molecular flexibility index (Phi) is 5.01. The molecule has 1 aliphatic heterocycles. The van der Waals surface area contributed by atoms with E-state index in [9.17, 15) is 27.9 Å². The van der Waals surface area contributed by atoms with E-state index in [0.717, 1.165) is 7.11 Å². The van der Waals surface area contributed by atoms with Crippen molar-refractivity contribution in [2.24, 2.45) is 5.92 Å². The lowest BCUT2D eigenvalue weighted by Gasteiger charge is -2.33. The Bertz CT molecular complexity index is 377. The molecule has 0 aromatic rings. The van der Waals surface area contributed by atoms with Crippen LogP contribution < -0.4 is 0 Å². The zero-order valence-electron chi connectivity index (χ0n) is 11.4. The molecule has 0 aromatic heterocycles. The van der Waals surface area contributed by atoms with Gasteiger partial charge in [-0.05, 0) is 18.8 Å². The Morgan fingerprint density at radius 3 is 2.20 bits per heavy atom. The van der Waals surface area contributed by atoms with Crippen LogP contribution in [-0.2, 0) is 14.3 Å². The number of ether oxygens (including phenoxy) is 1. The van der Waals surface area contributed by atoms with Gasteiger partial charge in [-0.25, -0.2) is 4.79 Å². The summed E-state index contributed by atoms with van der Waals surface area (Å²) < 4.78 is 42.4. The number of likely N-dealkylation sites (tertiary alicyclic amines) is 1. The van der Waals surface area contributed by atoms with Gasteiger partial charge in [0.15, 0.2) is 0 Å². The number of piperidine rings is 1. The van der Waals surface area contributed by atoms with Crippen molar-refractivity contribution < 1.29 is 32.6 Å². The minimum atomic E-state index is -5.27. The van der Waals surface area contributed by atoms with E-state index in [1.165, 1.54) is 4.90 Å². The maximum atomic E-state index is 12.8. The van der Waals surface area contributed by atoms with Crippen LogP contribution in [0.4, 0.5) is 13.2 Å². The molecule has 1 heterocycles. The number of rotatable bonds is 3. The van der Waals surface area contributed by atoms with Crippen molar-refractivity contribution in [2.75, 3.05) is 20.2 Å². The fraction of sp³-hybridized carbons (Fsp3) is 0.833. The average Bonchev–Trinajstić information content (AvgIpc) is 2.36. The Balaban J connectivity index is 2.81. The van der Waals surface area contributed by atoms with Gasteiger partial charge in [-0.1, -0.05) is 6.92 Å². The van der Waals surface area contributed by atoms with E-state index in [1.54, 1.807) is 0 Å². The molecule has 1 amide bonds. The van der Waals surface area contributed by atoms with Crippen molar-refractivity contribution in [1.29, 1.82) is 0 Å². The first-order valence-corrected chi connectivity index (χ1v) is 6.27. The largest absolute Gasteiger partial charge is 0.467 e. The molecule has 0 saturated carbocycles. The minimum Gasteiger partial charge on any atom is -0.467 e. The van der Waals surface area contributed by atoms with Gasteiger partial charge in [-0.3, -0.25) is 4.79 Å². The minimum absolute atomic E-state index is 0.328. The summed E-state index contributed by atoms with van der Waals surface area (Å²) in [7, 11) is 0.728. The third-order valence-corrected chi connectivity index (χ3v) is 3.54. The molecule has 0 aliphatic carbocycles. The lowest BCUT2D eigenvalue weighted by atomic mass is 9.95. The number of halogens is 3. The Hall–Kier alpha value is -1.31. The third-order valence-electron chi connectivity index (χ3n) is 3.54. The first-order chi connectivity index (χ1) is 9.11. The van der Waals surface area contributed by atoms with Gasteiger partial charge >= 0.3 is 12.1 Å². The summed E-state index contributed by atoms with van der Waals surface area (Å²) in [5.41, 5.74) is -3.79. The predicted molar refractivity (Wildman–Crippen MR) is 62.6 cm³/mol. The number of nitrogens with zero attached hydrogens (tertiary/aromatic N) is 1. The molecule has 0 aromatic carbocycles. The summed E-state index contributed by atoms with van der Waals surface area (Å²) in [5.74, 6) is -2.37. The smallest absolute Gasteiger partial charge is 0.428 e. The van der Waals surface area contributed by atoms with Crippen molar-refractivity contribution >= 4 is 11.9 Å². The molecular formula is C12H18F3NO4. The molecule has 8 heteroatoms. The molecule has 1 saturated heterocycles. The van der Waals surface area contributed by atoms with E-state index in [4.69, 9.17) is 0 Å². The fourth-order valence-corrected chi connectivity index (χ4v) is 2.05. The van der Waals surface area contributed by atoms with Crippen LogP contribution in [-0.4, -0.2) is 53.9 Å². The zero-order valence-corrected chi connectivity index (χ0v) is 11.4. The monoisotopic (exact) mass is 297 g/mol. The van der Waals surface area contributed by atoms with Crippen molar-refractivity contribution in [2.45, 2.75) is 38.0 Å². The molecule has 1 fully saturated rings. The maximum Gasteiger partial charge on any atom is 0.428 e. The van der Waals surface area contributed by atoms with Crippen molar-refractivity contribution in [3.05, 3.63) is 0 Å². The lowest BCUT2D eigenvalue weighted by Crippen LogP contribution is -2.56. The van der Waals surface area contributed by atoms with Crippen molar-refractivity contribution in [3.8, 4) is 0 Å². The van der Waals surface area contributed by atoms with Gasteiger partial charge in [0, 0.05) is 13.1 Å². The third kappa shape index (κ3) is 3.41. The quantitative estimate of drug-likeness (QED) is 0.792. The van der Waals surface area contributed by atoms with Crippen LogP contribution >= 0.6 is 0 Å². The van der Waals surface area contributed by atoms with E-state index in [-0.39, 0.29) is 0 Å². The number of hydrogen-bond donors (Lipinski definition) is 1. The average molecular weight is 297 g/mol.